The van der Waals surface area contributed by atoms with E-state index in [2.05, 4.69) is 4.74 Å². The molecule has 1 aromatic carbocycles. The predicted octanol–water partition coefficient (Wildman–Crippen LogP) is 2.63. The number of benzene rings is 1. The number of aryl methyl sites for hydroxylation is 3. The second kappa shape index (κ2) is 8.28. The van der Waals surface area contributed by atoms with Crippen LogP contribution in [0.5, 0.6) is 5.75 Å². The zero-order valence-corrected chi connectivity index (χ0v) is 14.9. The molecule has 0 radical (unpaired) electrons. The van der Waals surface area contributed by atoms with Gasteiger partial charge in [-0.2, -0.15) is 0 Å². The van der Waals surface area contributed by atoms with Gasteiger partial charge in [0.1, 0.15) is 11.3 Å². The number of carbonyl (C=O) groups excluding carboxylic acids is 1. The molecule has 0 atom stereocenters. The van der Waals surface area contributed by atoms with Gasteiger partial charge in [-0.05, 0) is 43.5 Å². The Kier molecular flexibility index (Phi) is 6.11. The molecule has 0 unspecified atom stereocenters. The zero-order valence-electron chi connectivity index (χ0n) is 14.9. The van der Waals surface area contributed by atoms with Crippen molar-refractivity contribution in [3.8, 4) is 5.75 Å². The fourth-order valence-electron chi connectivity index (χ4n) is 2.58. The van der Waals surface area contributed by atoms with Gasteiger partial charge in [-0.15, -0.1) is 0 Å². The van der Waals surface area contributed by atoms with E-state index in [1.54, 1.807) is 0 Å². The smallest absolute Gasteiger partial charge is 0.343 e. The minimum absolute atomic E-state index is 0.176. The van der Waals surface area contributed by atoms with Gasteiger partial charge in [0.25, 0.3) is 11.2 Å². The summed E-state index contributed by atoms with van der Waals surface area (Å²) in [4.78, 5) is 34.3. The van der Waals surface area contributed by atoms with Crippen molar-refractivity contribution < 1.29 is 19.2 Å². The molecule has 0 aliphatic carbocycles. The first-order valence-corrected chi connectivity index (χ1v) is 8.00. The molecular weight excluding hydrogens is 340 g/mol. The molecule has 2 rings (SSSR count). The molecule has 26 heavy (non-hydrogen) atoms. The third-order valence-corrected chi connectivity index (χ3v) is 3.70. The summed E-state index contributed by atoms with van der Waals surface area (Å²) in [5, 5.41) is 11.0. The van der Waals surface area contributed by atoms with Crippen molar-refractivity contribution in [3.63, 3.8) is 0 Å². The molecule has 0 aliphatic rings. The number of rotatable bonds is 7. The third-order valence-electron chi connectivity index (χ3n) is 3.70. The van der Waals surface area contributed by atoms with Crippen molar-refractivity contribution in [1.29, 1.82) is 0 Å². The fourth-order valence-corrected chi connectivity index (χ4v) is 2.58. The summed E-state index contributed by atoms with van der Waals surface area (Å²) >= 11 is 0. The zero-order chi connectivity index (χ0) is 19.3. The summed E-state index contributed by atoms with van der Waals surface area (Å²) in [5.74, 6) is -0.178. The first-order chi connectivity index (χ1) is 12.3. The van der Waals surface area contributed by atoms with Gasteiger partial charge in [0.15, 0.2) is 0 Å². The Balaban J connectivity index is 2.11. The van der Waals surface area contributed by atoms with Crippen molar-refractivity contribution in [2.24, 2.45) is 0 Å². The van der Waals surface area contributed by atoms with Gasteiger partial charge in [-0.3, -0.25) is 14.9 Å². The molecule has 0 amide bonds. The van der Waals surface area contributed by atoms with E-state index >= 15 is 0 Å². The first kappa shape index (κ1) is 19.2. The van der Waals surface area contributed by atoms with Crippen molar-refractivity contribution in [2.75, 3.05) is 13.7 Å². The summed E-state index contributed by atoms with van der Waals surface area (Å²) < 4.78 is 11.3. The molecule has 0 aliphatic heterocycles. The van der Waals surface area contributed by atoms with Gasteiger partial charge >= 0.3 is 5.97 Å². The Morgan fingerprint density at radius 2 is 1.85 bits per heavy atom. The summed E-state index contributed by atoms with van der Waals surface area (Å²) in [7, 11) is 1.11. The van der Waals surface area contributed by atoms with Crippen molar-refractivity contribution >= 4 is 11.7 Å². The van der Waals surface area contributed by atoms with Crippen LogP contribution in [-0.2, 0) is 11.3 Å². The van der Waals surface area contributed by atoms with Gasteiger partial charge < -0.3 is 14.0 Å². The second-order valence-corrected chi connectivity index (χ2v) is 5.88. The van der Waals surface area contributed by atoms with E-state index in [1.807, 2.05) is 32.0 Å². The lowest BCUT2D eigenvalue weighted by molar-refractivity contribution is -0.385. The monoisotopic (exact) mass is 360 g/mol. The van der Waals surface area contributed by atoms with Gasteiger partial charge in [0.05, 0.1) is 24.8 Å². The van der Waals surface area contributed by atoms with E-state index in [9.17, 15) is 19.7 Å². The van der Waals surface area contributed by atoms with E-state index < -0.39 is 16.5 Å². The molecule has 1 heterocycles. The summed E-state index contributed by atoms with van der Waals surface area (Å²) in [6.07, 6.45) is 1.56. The number of hydrogen-bond acceptors (Lipinski definition) is 6. The van der Waals surface area contributed by atoms with Crippen LogP contribution in [0, 0.1) is 24.0 Å². The number of nitrogens with zero attached hydrogens (tertiary/aromatic N) is 2. The fraction of sp³-hybridized carbons (Fsp3) is 0.333. The van der Waals surface area contributed by atoms with Crippen LogP contribution >= 0.6 is 0 Å². The lowest BCUT2D eigenvalue weighted by atomic mass is 10.1. The number of pyridine rings is 1. The van der Waals surface area contributed by atoms with E-state index in [0.717, 1.165) is 40.8 Å². The maximum absolute atomic E-state index is 12.3. The Morgan fingerprint density at radius 1 is 1.19 bits per heavy atom. The number of methoxy groups -OCH3 is 1. The lowest BCUT2D eigenvalue weighted by Crippen LogP contribution is -2.27. The topological polar surface area (TPSA) is 101 Å². The van der Waals surface area contributed by atoms with E-state index in [-0.39, 0.29) is 17.8 Å². The molecule has 138 valence electrons. The van der Waals surface area contributed by atoms with Crippen LogP contribution in [0.15, 0.2) is 35.3 Å². The van der Waals surface area contributed by atoms with Crippen LogP contribution < -0.4 is 10.3 Å². The van der Waals surface area contributed by atoms with Crippen molar-refractivity contribution in [2.45, 2.75) is 26.8 Å². The van der Waals surface area contributed by atoms with E-state index in [4.69, 9.17) is 4.74 Å². The standard InChI is InChI=1S/C18H20N2O6/c1-12-7-13(2)9-15(8-12)26-6-4-5-19-11-14(20(23)24)10-16(17(19)21)18(22)25-3/h7-11H,4-6H2,1-3H3. The lowest BCUT2D eigenvalue weighted by Gasteiger charge is -2.10. The molecule has 0 saturated carbocycles. The molecule has 0 bridgehead atoms. The predicted molar refractivity (Wildman–Crippen MR) is 94.7 cm³/mol. The summed E-state index contributed by atoms with van der Waals surface area (Å²) in [6.45, 7) is 4.44. The molecule has 0 saturated heterocycles. The molecule has 2 aromatic rings. The highest BCUT2D eigenvalue weighted by atomic mass is 16.6. The van der Waals surface area contributed by atoms with Crippen molar-refractivity contribution in [1.82, 2.24) is 4.57 Å². The minimum atomic E-state index is -0.904. The summed E-state index contributed by atoms with van der Waals surface area (Å²) in [5.41, 5.74) is 0.821. The highest BCUT2D eigenvalue weighted by Crippen LogP contribution is 2.16. The number of aromatic nitrogens is 1. The van der Waals surface area contributed by atoms with E-state index in [0.29, 0.717) is 13.0 Å². The molecule has 0 N–H and O–H groups in total. The number of carbonyl (C=O) groups is 1. The maximum Gasteiger partial charge on any atom is 0.343 e. The van der Waals surface area contributed by atoms with Gasteiger partial charge in [0, 0.05) is 12.6 Å². The van der Waals surface area contributed by atoms with Gasteiger partial charge in [-0.25, -0.2) is 4.79 Å². The highest BCUT2D eigenvalue weighted by Gasteiger charge is 2.19. The average Bonchev–Trinajstić information content (AvgIpc) is 2.58. The molecule has 1 aromatic heterocycles. The molecular formula is C18H20N2O6. The first-order valence-electron chi connectivity index (χ1n) is 8.00. The summed E-state index contributed by atoms with van der Waals surface area (Å²) in [6, 6.07) is 6.77. The van der Waals surface area contributed by atoms with Gasteiger partial charge in [0.2, 0.25) is 0 Å². The van der Waals surface area contributed by atoms with Crippen LogP contribution in [0.3, 0.4) is 0 Å². The average molecular weight is 360 g/mol. The normalized spacial score (nSPS) is 10.4. The number of hydrogen-bond donors (Lipinski definition) is 0. The second-order valence-electron chi connectivity index (χ2n) is 5.88. The number of nitro groups is 1. The molecule has 8 heteroatoms. The van der Waals surface area contributed by atoms with Crippen LogP contribution in [0.2, 0.25) is 0 Å². The SMILES string of the molecule is COC(=O)c1cc([N+](=O)[O-])cn(CCCOc2cc(C)cc(C)c2)c1=O. The Hall–Kier alpha value is -3.16. The highest BCUT2D eigenvalue weighted by molar-refractivity contribution is 5.89. The van der Waals surface area contributed by atoms with Gasteiger partial charge in [-0.1, -0.05) is 6.07 Å². The van der Waals surface area contributed by atoms with Crippen LogP contribution in [0.1, 0.15) is 27.9 Å². The van der Waals surface area contributed by atoms with Crippen LogP contribution in [0.4, 0.5) is 5.69 Å². The third kappa shape index (κ3) is 4.69. The number of esters is 1. The maximum atomic E-state index is 12.3. The van der Waals surface area contributed by atoms with E-state index in [1.165, 1.54) is 0 Å². The molecule has 0 fully saturated rings. The quantitative estimate of drug-likeness (QED) is 0.326. The Bertz CT molecular complexity index is 867. The molecule has 0 spiro atoms. The number of ether oxygens (including phenoxy) is 2. The Morgan fingerprint density at radius 3 is 2.42 bits per heavy atom. The Labute approximate surface area is 150 Å². The van der Waals surface area contributed by atoms with Crippen molar-refractivity contribution in [3.05, 3.63) is 67.6 Å². The molecule has 8 nitrogen and oxygen atoms in total. The minimum Gasteiger partial charge on any atom is -0.494 e. The van der Waals surface area contributed by atoms with Crippen LogP contribution in [0.25, 0.3) is 0 Å². The largest absolute Gasteiger partial charge is 0.494 e. The van der Waals surface area contributed by atoms with Crippen LogP contribution in [-0.4, -0.2) is 29.2 Å².